The van der Waals surface area contributed by atoms with Gasteiger partial charge in [-0.25, -0.2) is 0 Å². The fraction of sp³-hybridized carbons (Fsp3) is 0.0714. The smallest absolute Gasteiger partial charge is 0.270 e. The number of nitro benzene ring substituents is 1. The number of nitro groups is 1. The van der Waals surface area contributed by atoms with Crippen LogP contribution in [0.15, 0.2) is 48.5 Å². The highest BCUT2D eigenvalue weighted by Crippen LogP contribution is 2.14. The number of ketones is 1. The zero-order valence-electron chi connectivity index (χ0n) is 10.4. The van der Waals surface area contributed by atoms with Gasteiger partial charge in [0.2, 0.25) is 0 Å². The first-order valence-corrected chi connectivity index (χ1v) is 6.91. The van der Waals surface area contributed by atoms with Crippen LogP contribution in [0.1, 0.15) is 10.4 Å². The summed E-state index contributed by atoms with van der Waals surface area (Å²) in [6.45, 7) is 0.0990. The van der Waals surface area contributed by atoms with Crippen LogP contribution in [-0.4, -0.2) is 17.3 Å². The number of hydrogen-bond donors (Lipinski definition) is 1. The number of anilines is 1. The van der Waals surface area contributed by atoms with Gasteiger partial charge < -0.3 is 5.32 Å². The highest BCUT2D eigenvalue weighted by molar-refractivity contribution is 14.1. The molecule has 0 aliphatic heterocycles. The first-order valence-electron chi connectivity index (χ1n) is 5.83. The SMILES string of the molecule is O=C(CNc1ccc(I)cc1)c1cccc([N+](=O)[O-])c1. The summed E-state index contributed by atoms with van der Waals surface area (Å²) in [5.74, 6) is -0.188. The predicted octanol–water partition coefficient (Wildman–Crippen LogP) is 3.49. The van der Waals surface area contributed by atoms with E-state index in [1.165, 1.54) is 18.2 Å². The normalized spacial score (nSPS) is 10.1. The molecule has 0 saturated heterocycles. The second-order valence-corrected chi connectivity index (χ2v) is 5.34. The Morgan fingerprint density at radius 2 is 1.90 bits per heavy atom. The van der Waals surface area contributed by atoms with Crippen LogP contribution in [0, 0.1) is 13.7 Å². The maximum absolute atomic E-state index is 12.0. The Morgan fingerprint density at radius 1 is 1.20 bits per heavy atom. The Kier molecular flexibility index (Phi) is 4.67. The molecule has 5 nitrogen and oxygen atoms in total. The topological polar surface area (TPSA) is 72.2 Å². The van der Waals surface area contributed by atoms with Crippen molar-refractivity contribution in [3.05, 3.63) is 67.8 Å². The Bertz CT molecular complexity index is 641. The van der Waals surface area contributed by atoms with Crippen LogP contribution in [0.3, 0.4) is 0 Å². The fourth-order valence-electron chi connectivity index (χ4n) is 1.65. The highest BCUT2D eigenvalue weighted by atomic mass is 127. The number of carbonyl (C=O) groups excluding carboxylic acids is 1. The average molecular weight is 382 g/mol. The number of nitrogens with one attached hydrogen (secondary N) is 1. The van der Waals surface area contributed by atoms with Gasteiger partial charge in [-0.3, -0.25) is 14.9 Å². The van der Waals surface area contributed by atoms with Crippen molar-refractivity contribution in [2.75, 3.05) is 11.9 Å². The van der Waals surface area contributed by atoms with E-state index in [4.69, 9.17) is 0 Å². The quantitative estimate of drug-likeness (QED) is 0.372. The van der Waals surface area contributed by atoms with Gasteiger partial charge in [-0.2, -0.15) is 0 Å². The molecule has 6 heteroatoms. The Labute approximate surface area is 129 Å². The number of halogens is 1. The van der Waals surface area contributed by atoms with Crippen LogP contribution in [0.2, 0.25) is 0 Å². The standard InChI is InChI=1S/C14H11IN2O3/c15-11-4-6-12(7-5-11)16-9-14(18)10-2-1-3-13(8-10)17(19)20/h1-8,16H,9H2. The summed E-state index contributed by atoms with van der Waals surface area (Å²) in [6.07, 6.45) is 0. The van der Waals surface area contributed by atoms with Crippen molar-refractivity contribution in [3.63, 3.8) is 0 Å². The molecule has 2 aromatic carbocycles. The number of rotatable bonds is 5. The van der Waals surface area contributed by atoms with E-state index in [0.717, 1.165) is 9.26 Å². The van der Waals surface area contributed by atoms with Crippen molar-refractivity contribution in [1.29, 1.82) is 0 Å². The first kappa shape index (κ1) is 14.4. The van der Waals surface area contributed by atoms with Crippen LogP contribution < -0.4 is 5.32 Å². The van der Waals surface area contributed by atoms with Gasteiger partial charge in [-0.15, -0.1) is 0 Å². The summed E-state index contributed by atoms with van der Waals surface area (Å²) < 4.78 is 1.11. The molecule has 0 aliphatic rings. The minimum atomic E-state index is -0.511. The molecule has 2 aromatic rings. The summed E-state index contributed by atoms with van der Waals surface area (Å²) in [5, 5.41) is 13.7. The zero-order chi connectivity index (χ0) is 14.5. The van der Waals surface area contributed by atoms with Crippen molar-refractivity contribution < 1.29 is 9.72 Å². The van der Waals surface area contributed by atoms with E-state index in [-0.39, 0.29) is 18.0 Å². The molecule has 20 heavy (non-hydrogen) atoms. The van der Waals surface area contributed by atoms with E-state index in [0.29, 0.717) is 5.56 Å². The van der Waals surface area contributed by atoms with Gasteiger partial charge in [0.15, 0.2) is 5.78 Å². The van der Waals surface area contributed by atoms with E-state index in [2.05, 4.69) is 27.9 Å². The molecule has 0 radical (unpaired) electrons. The molecule has 0 unspecified atom stereocenters. The number of non-ortho nitro benzene ring substituents is 1. The van der Waals surface area contributed by atoms with E-state index >= 15 is 0 Å². The summed E-state index contributed by atoms with van der Waals surface area (Å²) in [7, 11) is 0. The lowest BCUT2D eigenvalue weighted by Gasteiger charge is -2.06. The minimum Gasteiger partial charge on any atom is -0.378 e. The van der Waals surface area contributed by atoms with Crippen LogP contribution in [-0.2, 0) is 0 Å². The Morgan fingerprint density at radius 3 is 2.55 bits per heavy atom. The molecule has 2 rings (SSSR count). The lowest BCUT2D eigenvalue weighted by atomic mass is 10.1. The molecular formula is C14H11IN2O3. The second-order valence-electron chi connectivity index (χ2n) is 4.09. The molecular weight excluding hydrogens is 371 g/mol. The van der Waals surface area contributed by atoms with Gasteiger partial charge in [0.1, 0.15) is 0 Å². The molecule has 0 aliphatic carbocycles. The van der Waals surface area contributed by atoms with Gasteiger partial charge in [0.25, 0.3) is 5.69 Å². The minimum absolute atomic E-state index is 0.0786. The Hall–Kier alpha value is -1.96. The molecule has 0 amide bonds. The highest BCUT2D eigenvalue weighted by Gasteiger charge is 2.11. The summed E-state index contributed by atoms with van der Waals surface area (Å²) >= 11 is 2.20. The number of Topliss-reactive ketones (excluding diaryl/α,β-unsaturated/α-hetero) is 1. The van der Waals surface area contributed by atoms with Gasteiger partial charge in [-0.1, -0.05) is 12.1 Å². The van der Waals surface area contributed by atoms with Crippen LogP contribution >= 0.6 is 22.6 Å². The molecule has 0 atom stereocenters. The van der Waals surface area contributed by atoms with Crippen LogP contribution in [0.25, 0.3) is 0 Å². The average Bonchev–Trinajstić information content (AvgIpc) is 2.46. The Balaban J connectivity index is 2.03. The molecule has 1 N–H and O–H groups in total. The largest absolute Gasteiger partial charge is 0.378 e. The van der Waals surface area contributed by atoms with Crippen molar-refractivity contribution >= 4 is 39.7 Å². The first-order chi connectivity index (χ1) is 9.56. The summed E-state index contributed by atoms with van der Waals surface area (Å²) in [5.41, 5.74) is 1.09. The number of hydrogen-bond acceptors (Lipinski definition) is 4. The number of benzene rings is 2. The monoisotopic (exact) mass is 382 g/mol. The zero-order valence-corrected chi connectivity index (χ0v) is 12.5. The van der Waals surface area contributed by atoms with Gasteiger partial charge in [0, 0.05) is 27.0 Å². The maximum Gasteiger partial charge on any atom is 0.270 e. The predicted molar refractivity (Wildman–Crippen MR) is 85.1 cm³/mol. The van der Waals surface area contributed by atoms with Gasteiger partial charge in [0.05, 0.1) is 11.5 Å². The van der Waals surface area contributed by atoms with E-state index < -0.39 is 4.92 Å². The summed E-state index contributed by atoms with van der Waals surface area (Å²) in [4.78, 5) is 22.1. The summed E-state index contributed by atoms with van der Waals surface area (Å²) in [6, 6.07) is 13.4. The van der Waals surface area contributed by atoms with Gasteiger partial charge in [-0.05, 0) is 46.9 Å². The molecule has 0 saturated carbocycles. The van der Waals surface area contributed by atoms with Crippen LogP contribution in [0.4, 0.5) is 11.4 Å². The van der Waals surface area contributed by atoms with Crippen molar-refractivity contribution in [2.24, 2.45) is 0 Å². The fourth-order valence-corrected chi connectivity index (χ4v) is 2.00. The third kappa shape index (κ3) is 3.77. The molecule has 0 heterocycles. The third-order valence-corrected chi connectivity index (χ3v) is 3.40. The molecule has 0 bridgehead atoms. The number of carbonyl (C=O) groups is 1. The number of nitrogens with zero attached hydrogens (tertiary/aromatic N) is 1. The van der Waals surface area contributed by atoms with Crippen molar-refractivity contribution in [2.45, 2.75) is 0 Å². The maximum atomic E-state index is 12.0. The lowest BCUT2D eigenvalue weighted by molar-refractivity contribution is -0.384. The van der Waals surface area contributed by atoms with Crippen molar-refractivity contribution in [3.8, 4) is 0 Å². The van der Waals surface area contributed by atoms with E-state index in [1.807, 2.05) is 24.3 Å². The molecule has 102 valence electrons. The van der Waals surface area contributed by atoms with E-state index in [9.17, 15) is 14.9 Å². The molecule has 0 fully saturated rings. The van der Waals surface area contributed by atoms with E-state index in [1.54, 1.807) is 6.07 Å². The lowest BCUT2D eigenvalue weighted by Crippen LogP contribution is -2.14. The molecule has 0 aromatic heterocycles. The van der Waals surface area contributed by atoms with Crippen LogP contribution in [0.5, 0.6) is 0 Å². The molecule has 0 spiro atoms. The second kappa shape index (κ2) is 6.47. The van der Waals surface area contributed by atoms with Gasteiger partial charge >= 0.3 is 0 Å². The van der Waals surface area contributed by atoms with Crippen molar-refractivity contribution in [1.82, 2.24) is 0 Å². The third-order valence-electron chi connectivity index (χ3n) is 2.68.